The van der Waals surface area contributed by atoms with E-state index in [4.69, 9.17) is 9.47 Å². The molecule has 142 valence electrons. The fourth-order valence-electron chi connectivity index (χ4n) is 2.26. The van der Waals surface area contributed by atoms with Crippen molar-refractivity contribution in [3.8, 4) is 11.5 Å². The van der Waals surface area contributed by atoms with Gasteiger partial charge < -0.3 is 24.8 Å². The van der Waals surface area contributed by atoms with Crippen LogP contribution in [0.15, 0.2) is 42.5 Å². The van der Waals surface area contributed by atoms with E-state index in [0.717, 1.165) is 0 Å². The second kappa shape index (κ2) is 9.23. The highest BCUT2D eigenvalue weighted by Gasteiger charge is 2.13. The van der Waals surface area contributed by atoms with Crippen LogP contribution in [0.1, 0.15) is 16.8 Å². The first-order valence-corrected chi connectivity index (χ1v) is 7.97. The van der Waals surface area contributed by atoms with Gasteiger partial charge in [0.05, 0.1) is 32.6 Å². The molecule has 0 spiro atoms. The van der Waals surface area contributed by atoms with Crippen LogP contribution in [0, 0.1) is 0 Å². The van der Waals surface area contributed by atoms with Gasteiger partial charge in [-0.05, 0) is 36.4 Å². The van der Waals surface area contributed by atoms with Gasteiger partial charge in [0.15, 0.2) is 0 Å². The van der Waals surface area contributed by atoms with Crippen molar-refractivity contribution in [1.82, 2.24) is 0 Å². The predicted octanol–water partition coefficient (Wildman–Crippen LogP) is 2.46. The normalized spacial score (nSPS) is 9.89. The van der Waals surface area contributed by atoms with Crippen LogP contribution in [-0.4, -0.2) is 39.1 Å². The number of benzene rings is 2. The van der Waals surface area contributed by atoms with Gasteiger partial charge in [0, 0.05) is 11.8 Å². The van der Waals surface area contributed by atoms with Gasteiger partial charge in [-0.1, -0.05) is 0 Å². The number of ether oxygens (including phenoxy) is 3. The zero-order chi connectivity index (χ0) is 19.8. The molecule has 2 aromatic carbocycles. The third-order valence-corrected chi connectivity index (χ3v) is 3.59. The van der Waals surface area contributed by atoms with E-state index in [2.05, 4.69) is 15.4 Å². The number of hydrogen-bond donors (Lipinski definition) is 2. The molecule has 2 rings (SSSR count). The minimum absolute atomic E-state index is 0.360. The maximum Gasteiger partial charge on any atom is 0.337 e. The van der Waals surface area contributed by atoms with Crippen LogP contribution < -0.4 is 20.1 Å². The van der Waals surface area contributed by atoms with Gasteiger partial charge in [0.25, 0.3) is 0 Å². The van der Waals surface area contributed by atoms with E-state index < -0.39 is 17.8 Å². The Morgan fingerprint density at radius 3 is 2.11 bits per heavy atom. The molecule has 27 heavy (non-hydrogen) atoms. The molecule has 0 aliphatic rings. The summed E-state index contributed by atoms with van der Waals surface area (Å²) in [6.07, 6.45) is -0.390. The molecule has 0 unspecified atom stereocenters. The number of nitrogens with one attached hydrogen (secondary N) is 2. The van der Waals surface area contributed by atoms with Crippen LogP contribution in [0.2, 0.25) is 0 Å². The lowest BCUT2D eigenvalue weighted by Gasteiger charge is -2.12. The smallest absolute Gasteiger partial charge is 0.337 e. The molecule has 0 bridgehead atoms. The highest BCUT2D eigenvalue weighted by Crippen LogP contribution is 2.28. The minimum atomic E-state index is -0.509. The van der Waals surface area contributed by atoms with Crippen LogP contribution in [0.3, 0.4) is 0 Å². The van der Waals surface area contributed by atoms with Crippen molar-refractivity contribution < 1.29 is 28.6 Å². The zero-order valence-corrected chi connectivity index (χ0v) is 15.2. The van der Waals surface area contributed by atoms with Gasteiger partial charge in [-0.15, -0.1) is 0 Å². The predicted molar refractivity (Wildman–Crippen MR) is 99.2 cm³/mol. The summed E-state index contributed by atoms with van der Waals surface area (Å²) >= 11 is 0. The number of carbonyl (C=O) groups is 3. The summed E-state index contributed by atoms with van der Waals surface area (Å²) in [6, 6.07) is 11.1. The number of hydrogen-bond acceptors (Lipinski definition) is 6. The van der Waals surface area contributed by atoms with E-state index in [0.29, 0.717) is 28.4 Å². The van der Waals surface area contributed by atoms with Crippen molar-refractivity contribution in [3.63, 3.8) is 0 Å². The molecular weight excluding hydrogens is 352 g/mol. The monoisotopic (exact) mass is 372 g/mol. The first-order valence-electron chi connectivity index (χ1n) is 7.97. The molecule has 2 aromatic rings. The Labute approximate surface area is 156 Å². The van der Waals surface area contributed by atoms with Gasteiger partial charge in [0.2, 0.25) is 11.8 Å². The highest BCUT2D eigenvalue weighted by molar-refractivity contribution is 6.08. The number of rotatable bonds is 7. The SMILES string of the molecule is COC(=O)c1ccc(NC(=O)CC(=O)Nc2cc(OC)ccc2OC)cc1. The van der Waals surface area contributed by atoms with Gasteiger partial charge in [-0.25, -0.2) is 4.79 Å². The molecule has 0 atom stereocenters. The quantitative estimate of drug-likeness (QED) is 0.572. The fraction of sp³-hybridized carbons (Fsp3) is 0.211. The number of amides is 2. The van der Waals surface area contributed by atoms with Crippen LogP contribution in [0.4, 0.5) is 11.4 Å². The summed E-state index contributed by atoms with van der Waals surface area (Å²) in [4.78, 5) is 35.6. The van der Waals surface area contributed by atoms with Crippen molar-refractivity contribution in [2.24, 2.45) is 0 Å². The number of anilines is 2. The second-order valence-electron chi connectivity index (χ2n) is 5.41. The minimum Gasteiger partial charge on any atom is -0.497 e. The Bertz CT molecular complexity index is 833. The molecule has 2 amide bonds. The van der Waals surface area contributed by atoms with E-state index in [1.165, 1.54) is 33.5 Å². The van der Waals surface area contributed by atoms with E-state index in [9.17, 15) is 14.4 Å². The van der Waals surface area contributed by atoms with E-state index in [-0.39, 0.29) is 6.42 Å². The molecule has 0 aromatic heterocycles. The molecule has 8 nitrogen and oxygen atoms in total. The molecule has 0 saturated heterocycles. The van der Waals surface area contributed by atoms with E-state index >= 15 is 0 Å². The molecule has 0 aliphatic carbocycles. The summed E-state index contributed by atoms with van der Waals surface area (Å²) in [6.45, 7) is 0. The van der Waals surface area contributed by atoms with Crippen molar-refractivity contribution >= 4 is 29.2 Å². The summed E-state index contributed by atoms with van der Waals surface area (Å²) in [5.41, 5.74) is 1.22. The Morgan fingerprint density at radius 2 is 1.52 bits per heavy atom. The van der Waals surface area contributed by atoms with Gasteiger partial charge >= 0.3 is 5.97 Å². The lowest BCUT2D eigenvalue weighted by atomic mass is 10.2. The van der Waals surface area contributed by atoms with E-state index in [1.807, 2.05) is 0 Å². The third kappa shape index (κ3) is 5.46. The highest BCUT2D eigenvalue weighted by atomic mass is 16.5. The zero-order valence-electron chi connectivity index (χ0n) is 15.2. The Hall–Kier alpha value is -3.55. The fourth-order valence-corrected chi connectivity index (χ4v) is 2.26. The molecular formula is C19H20N2O6. The maximum atomic E-state index is 12.1. The molecule has 0 heterocycles. The van der Waals surface area contributed by atoms with E-state index in [1.54, 1.807) is 30.3 Å². The van der Waals surface area contributed by atoms with Crippen molar-refractivity contribution in [2.75, 3.05) is 32.0 Å². The molecule has 0 radical (unpaired) electrons. The first-order chi connectivity index (χ1) is 13.0. The largest absolute Gasteiger partial charge is 0.497 e. The summed E-state index contributed by atoms with van der Waals surface area (Å²) in [7, 11) is 4.27. The lowest BCUT2D eigenvalue weighted by Crippen LogP contribution is -2.21. The van der Waals surface area contributed by atoms with Crippen LogP contribution >= 0.6 is 0 Å². The Morgan fingerprint density at radius 1 is 0.852 bits per heavy atom. The topological polar surface area (TPSA) is 103 Å². The van der Waals surface area contributed by atoms with Gasteiger partial charge in [0.1, 0.15) is 17.9 Å². The average molecular weight is 372 g/mol. The Kier molecular flexibility index (Phi) is 6.76. The van der Waals surface area contributed by atoms with Gasteiger partial charge in [-0.2, -0.15) is 0 Å². The lowest BCUT2D eigenvalue weighted by molar-refractivity contribution is -0.123. The van der Waals surface area contributed by atoms with Crippen molar-refractivity contribution in [1.29, 1.82) is 0 Å². The van der Waals surface area contributed by atoms with Crippen molar-refractivity contribution in [2.45, 2.75) is 6.42 Å². The molecule has 2 N–H and O–H groups in total. The average Bonchev–Trinajstić information content (AvgIpc) is 2.67. The molecule has 0 saturated carbocycles. The van der Waals surface area contributed by atoms with Gasteiger partial charge in [-0.3, -0.25) is 9.59 Å². The van der Waals surface area contributed by atoms with Crippen LogP contribution in [-0.2, 0) is 14.3 Å². The number of esters is 1. The first kappa shape index (κ1) is 19.8. The molecule has 0 aliphatic heterocycles. The Balaban J connectivity index is 1.96. The van der Waals surface area contributed by atoms with Crippen LogP contribution in [0.25, 0.3) is 0 Å². The number of methoxy groups -OCH3 is 3. The molecule has 8 heteroatoms. The standard InChI is InChI=1S/C19H20N2O6/c1-25-14-8-9-16(26-2)15(10-14)21-18(23)11-17(22)20-13-6-4-12(5-7-13)19(24)27-3/h4-10H,11H2,1-3H3,(H,20,22)(H,21,23). The summed E-state index contributed by atoms with van der Waals surface area (Å²) < 4.78 is 14.9. The van der Waals surface area contributed by atoms with Crippen LogP contribution in [0.5, 0.6) is 11.5 Å². The third-order valence-electron chi connectivity index (χ3n) is 3.59. The second-order valence-corrected chi connectivity index (χ2v) is 5.41. The maximum absolute atomic E-state index is 12.1. The summed E-state index contributed by atoms with van der Waals surface area (Å²) in [5.74, 6) is -0.492. The summed E-state index contributed by atoms with van der Waals surface area (Å²) in [5, 5.41) is 5.20. The van der Waals surface area contributed by atoms with Crippen molar-refractivity contribution in [3.05, 3.63) is 48.0 Å². The molecule has 0 fully saturated rings. The number of carbonyl (C=O) groups excluding carboxylic acids is 3.